The molecule has 3 aromatic rings. The topological polar surface area (TPSA) is 75.0 Å². The van der Waals surface area contributed by atoms with E-state index in [1.807, 2.05) is 36.4 Å². The number of hydrogen-bond acceptors (Lipinski definition) is 6. The lowest BCUT2D eigenvalue weighted by Gasteiger charge is -2.08. The first kappa shape index (κ1) is 21.4. The van der Waals surface area contributed by atoms with Gasteiger partial charge in [-0.05, 0) is 55.5 Å². The number of esters is 2. The van der Waals surface area contributed by atoms with Gasteiger partial charge in [0.2, 0.25) is 0 Å². The van der Waals surface area contributed by atoms with Crippen molar-refractivity contribution < 1.29 is 28.2 Å². The Balaban J connectivity index is 1.73. The number of benzene rings is 2. The van der Waals surface area contributed by atoms with Gasteiger partial charge < -0.3 is 18.6 Å². The molecule has 6 nitrogen and oxygen atoms in total. The second-order valence-electron chi connectivity index (χ2n) is 6.39. The summed E-state index contributed by atoms with van der Waals surface area (Å²) in [6.07, 6.45) is 3.44. The fourth-order valence-electron chi connectivity index (χ4n) is 2.53. The smallest absolute Gasteiger partial charge is 0.338 e. The highest BCUT2D eigenvalue weighted by molar-refractivity contribution is 5.90. The molecule has 0 saturated heterocycles. The molecular weight excluding hydrogens is 396 g/mol. The molecule has 0 fully saturated rings. The number of carbonyl (C=O) groups is 2. The zero-order valence-corrected chi connectivity index (χ0v) is 16.9. The third-order valence-electron chi connectivity index (χ3n) is 4.06. The van der Waals surface area contributed by atoms with E-state index in [0.29, 0.717) is 34.2 Å². The number of furan rings is 1. The van der Waals surface area contributed by atoms with Crippen LogP contribution in [0.25, 0.3) is 22.6 Å². The van der Waals surface area contributed by atoms with Gasteiger partial charge in [0.15, 0.2) is 0 Å². The predicted octanol–water partition coefficient (Wildman–Crippen LogP) is 5.67. The monoisotopic (exact) mass is 416 g/mol. The van der Waals surface area contributed by atoms with Gasteiger partial charge in [-0.25, -0.2) is 9.59 Å². The number of carbonyl (C=O) groups excluding carboxylic acids is 2. The molecule has 1 aromatic heterocycles. The van der Waals surface area contributed by atoms with Crippen LogP contribution < -0.4 is 9.47 Å². The molecular formula is C25H20O6. The molecule has 2 aromatic carbocycles. The lowest BCUT2D eigenvalue weighted by Crippen LogP contribution is -2.08. The summed E-state index contributed by atoms with van der Waals surface area (Å²) >= 11 is 0. The number of para-hydroxylation sites is 1. The van der Waals surface area contributed by atoms with Crippen molar-refractivity contribution in [1.82, 2.24) is 0 Å². The Morgan fingerprint density at radius 2 is 1.65 bits per heavy atom. The molecule has 0 aliphatic rings. The second-order valence-corrected chi connectivity index (χ2v) is 6.39. The fourth-order valence-corrected chi connectivity index (χ4v) is 2.53. The summed E-state index contributed by atoms with van der Waals surface area (Å²) in [5.41, 5.74) is 1.80. The molecule has 31 heavy (non-hydrogen) atoms. The normalized spacial score (nSPS) is 10.5. The van der Waals surface area contributed by atoms with Crippen LogP contribution in [0.4, 0.5) is 0 Å². The minimum atomic E-state index is -0.570. The molecule has 0 spiro atoms. The van der Waals surface area contributed by atoms with Crippen LogP contribution in [0, 0.1) is 0 Å². The minimum Gasteiger partial charge on any atom is -0.462 e. The van der Waals surface area contributed by atoms with Crippen LogP contribution >= 0.6 is 0 Å². The van der Waals surface area contributed by atoms with Crippen molar-refractivity contribution in [3.63, 3.8) is 0 Å². The molecule has 0 unspecified atom stereocenters. The first-order valence-corrected chi connectivity index (χ1v) is 9.30. The van der Waals surface area contributed by atoms with Crippen LogP contribution in [0.1, 0.15) is 6.92 Å². The summed E-state index contributed by atoms with van der Waals surface area (Å²) in [6.45, 7) is 8.49. The molecule has 0 aliphatic heterocycles. The Labute approximate surface area is 179 Å². The summed E-state index contributed by atoms with van der Waals surface area (Å²) < 4.78 is 21.4. The first-order valence-electron chi connectivity index (χ1n) is 9.30. The molecule has 3 rings (SSSR count). The van der Waals surface area contributed by atoms with Crippen molar-refractivity contribution in [2.75, 3.05) is 0 Å². The van der Waals surface area contributed by atoms with Crippen molar-refractivity contribution >= 4 is 11.9 Å². The Morgan fingerprint density at radius 3 is 2.35 bits per heavy atom. The van der Waals surface area contributed by atoms with E-state index >= 15 is 0 Å². The average Bonchev–Trinajstić information content (AvgIpc) is 3.27. The maximum atomic E-state index is 11.9. The van der Waals surface area contributed by atoms with Crippen molar-refractivity contribution in [1.29, 1.82) is 0 Å². The van der Waals surface area contributed by atoms with Crippen molar-refractivity contribution in [2.24, 2.45) is 0 Å². The number of rotatable bonds is 8. The Morgan fingerprint density at radius 1 is 0.935 bits per heavy atom. The zero-order valence-electron chi connectivity index (χ0n) is 16.9. The predicted molar refractivity (Wildman–Crippen MR) is 116 cm³/mol. The van der Waals surface area contributed by atoms with Gasteiger partial charge in [0.25, 0.3) is 0 Å². The van der Waals surface area contributed by atoms with Crippen LogP contribution in [0.2, 0.25) is 0 Å². The van der Waals surface area contributed by atoms with Crippen molar-refractivity contribution in [2.45, 2.75) is 6.92 Å². The van der Waals surface area contributed by atoms with Crippen molar-refractivity contribution in [3.8, 4) is 34.1 Å². The van der Waals surface area contributed by atoms with E-state index < -0.39 is 11.9 Å². The van der Waals surface area contributed by atoms with Crippen LogP contribution in [0.3, 0.4) is 0 Å². The maximum Gasteiger partial charge on any atom is 0.338 e. The van der Waals surface area contributed by atoms with Crippen molar-refractivity contribution in [3.05, 3.63) is 98.0 Å². The second kappa shape index (κ2) is 9.93. The Kier molecular flexibility index (Phi) is 6.85. The largest absolute Gasteiger partial charge is 0.462 e. The van der Waals surface area contributed by atoms with Crippen LogP contribution in [-0.2, 0) is 14.3 Å². The van der Waals surface area contributed by atoms with Gasteiger partial charge in [-0.2, -0.15) is 0 Å². The van der Waals surface area contributed by atoms with Crippen LogP contribution in [-0.4, -0.2) is 11.9 Å². The molecule has 1 heterocycles. The Hall–Kier alpha value is -4.32. The lowest BCUT2D eigenvalue weighted by atomic mass is 10.1. The Bertz CT molecular complexity index is 1130. The summed E-state index contributed by atoms with van der Waals surface area (Å²) in [7, 11) is 0. The molecule has 0 saturated carbocycles. The maximum absolute atomic E-state index is 11.9. The van der Waals surface area contributed by atoms with E-state index in [4.69, 9.17) is 13.9 Å². The summed E-state index contributed by atoms with van der Waals surface area (Å²) in [5, 5.41) is 0. The average molecular weight is 416 g/mol. The minimum absolute atomic E-state index is 0.311. The van der Waals surface area contributed by atoms with Gasteiger partial charge in [-0.1, -0.05) is 25.3 Å². The molecule has 0 aliphatic carbocycles. The molecule has 0 radical (unpaired) electrons. The summed E-state index contributed by atoms with van der Waals surface area (Å²) in [5.74, 6) is 1.08. The number of hydrogen-bond donors (Lipinski definition) is 0. The third kappa shape index (κ3) is 5.61. The highest BCUT2D eigenvalue weighted by Gasteiger charge is 2.14. The lowest BCUT2D eigenvalue weighted by molar-refractivity contribution is -0.132. The molecule has 156 valence electrons. The highest BCUT2D eigenvalue weighted by Crippen LogP contribution is 2.34. The van der Waals surface area contributed by atoms with Gasteiger partial charge in [-0.3, -0.25) is 0 Å². The SMILES string of the molecule is C=CC(=O)OC=COc1ccc(-c2ccc(-c3ccccc3OC(=O)C(=C)C)o2)cc1. The quantitative estimate of drug-likeness (QED) is 0.204. The van der Waals surface area contributed by atoms with E-state index in [1.165, 1.54) is 6.26 Å². The van der Waals surface area contributed by atoms with Gasteiger partial charge in [0, 0.05) is 17.2 Å². The molecule has 0 N–H and O–H groups in total. The first-order chi connectivity index (χ1) is 15.0. The summed E-state index contributed by atoms with van der Waals surface area (Å²) in [4.78, 5) is 22.8. The molecule has 0 atom stereocenters. The summed E-state index contributed by atoms with van der Waals surface area (Å²) in [6, 6.07) is 17.9. The fraction of sp³-hybridized carbons (Fsp3) is 0.0400. The van der Waals surface area contributed by atoms with E-state index in [2.05, 4.69) is 17.9 Å². The number of ether oxygens (including phenoxy) is 3. The molecule has 6 heteroatoms. The van der Waals surface area contributed by atoms with E-state index in [0.717, 1.165) is 17.9 Å². The highest BCUT2D eigenvalue weighted by atomic mass is 16.5. The van der Waals surface area contributed by atoms with Gasteiger partial charge in [0.05, 0.1) is 5.56 Å². The van der Waals surface area contributed by atoms with E-state index in [-0.39, 0.29) is 0 Å². The molecule has 0 amide bonds. The molecule has 0 bridgehead atoms. The van der Waals surface area contributed by atoms with Gasteiger partial charge in [-0.15, -0.1) is 0 Å². The third-order valence-corrected chi connectivity index (χ3v) is 4.06. The zero-order chi connectivity index (χ0) is 22.2. The van der Waals surface area contributed by atoms with E-state index in [1.54, 1.807) is 31.2 Å². The van der Waals surface area contributed by atoms with Gasteiger partial charge in [0.1, 0.15) is 35.5 Å². The van der Waals surface area contributed by atoms with Crippen LogP contribution in [0.5, 0.6) is 11.5 Å². The van der Waals surface area contributed by atoms with Gasteiger partial charge >= 0.3 is 11.9 Å². The van der Waals surface area contributed by atoms with Crippen LogP contribution in [0.15, 0.2) is 102 Å². The standard InChI is InChI=1S/C25H20O6/c1-4-24(26)29-16-15-28-19-11-9-18(10-12-19)21-13-14-23(30-21)20-7-5-6-8-22(20)31-25(27)17(2)3/h4-16H,1-2H2,3H3. The van der Waals surface area contributed by atoms with E-state index in [9.17, 15) is 9.59 Å².